The zero-order valence-electron chi connectivity index (χ0n) is 9.78. The van der Waals surface area contributed by atoms with Crippen LogP contribution in [-0.2, 0) is 0 Å². The lowest BCUT2D eigenvalue weighted by Crippen LogP contribution is -2.10. The zero-order chi connectivity index (χ0) is 12.0. The number of benzene rings is 1. The Morgan fingerprint density at radius 2 is 2.12 bits per heavy atom. The van der Waals surface area contributed by atoms with Crippen LogP contribution in [0.1, 0.15) is 6.92 Å². The molecule has 0 aliphatic carbocycles. The van der Waals surface area contributed by atoms with Gasteiger partial charge < -0.3 is 14.8 Å². The molecule has 4 heteroatoms. The topological polar surface area (TPSA) is 54.3 Å². The molecule has 1 atom stereocenters. The Balaban J connectivity index is 2.79. The molecule has 1 unspecified atom stereocenters. The van der Waals surface area contributed by atoms with Crippen molar-refractivity contribution in [2.75, 3.05) is 26.1 Å². The maximum absolute atomic E-state index is 8.69. The summed E-state index contributed by atoms with van der Waals surface area (Å²) in [4.78, 5) is 0. The van der Waals surface area contributed by atoms with E-state index in [1.165, 1.54) is 0 Å². The minimum Gasteiger partial charge on any atom is -0.497 e. The molecule has 1 N–H and O–H groups in total. The molecule has 0 heterocycles. The number of nitriles is 1. The molecule has 16 heavy (non-hydrogen) atoms. The number of anilines is 1. The third-order valence-electron chi connectivity index (χ3n) is 2.23. The van der Waals surface area contributed by atoms with Crippen LogP contribution in [0, 0.1) is 17.2 Å². The molecule has 0 saturated heterocycles. The SMILES string of the molecule is COc1ccc(OC)c(NCC(C)C#N)c1. The average molecular weight is 220 g/mol. The third-order valence-corrected chi connectivity index (χ3v) is 2.23. The first kappa shape index (κ1) is 12.2. The lowest BCUT2D eigenvalue weighted by Gasteiger charge is -2.13. The summed E-state index contributed by atoms with van der Waals surface area (Å²) in [6.45, 7) is 2.44. The van der Waals surface area contributed by atoms with E-state index < -0.39 is 0 Å². The second-order valence-corrected chi connectivity index (χ2v) is 3.48. The minimum absolute atomic E-state index is 0.0455. The van der Waals surface area contributed by atoms with Crippen molar-refractivity contribution in [1.29, 1.82) is 5.26 Å². The first-order chi connectivity index (χ1) is 7.71. The molecule has 0 spiro atoms. The number of hydrogen-bond donors (Lipinski definition) is 1. The Morgan fingerprint density at radius 3 is 2.69 bits per heavy atom. The highest BCUT2D eigenvalue weighted by Gasteiger charge is 2.06. The maximum atomic E-state index is 8.69. The van der Waals surface area contributed by atoms with Crippen molar-refractivity contribution in [3.05, 3.63) is 18.2 Å². The van der Waals surface area contributed by atoms with Gasteiger partial charge in [-0.15, -0.1) is 0 Å². The van der Waals surface area contributed by atoms with E-state index in [9.17, 15) is 0 Å². The smallest absolute Gasteiger partial charge is 0.142 e. The summed E-state index contributed by atoms with van der Waals surface area (Å²) in [5, 5.41) is 11.9. The largest absolute Gasteiger partial charge is 0.497 e. The van der Waals surface area contributed by atoms with Gasteiger partial charge in [-0.2, -0.15) is 5.26 Å². The van der Waals surface area contributed by atoms with Crippen molar-refractivity contribution >= 4 is 5.69 Å². The van der Waals surface area contributed by atoms with Gasteiger partial charge in [0.2, 0.25) is 0 Å². The van der Waals surface area contributed by atoms with Gasteiger partial charge in [0.25, 0.3) is 0 Å². The fraction of sp³-hybridized carbons (Fsp3) is 0.417. The van der Waals surface area contributed by atoms with Gasteiger partial charge in [0.1, 0.15) is 11.5 Å². The lowest BCUT2D eigenvalue weighted by atomic mass is 10.2. The highest BCUT2D eigenvalue weighted by atomic mass is 16.5. The van der Waals surface area contributed by atoms with Gasteiger partial charge in [0, 0.05) is 12.6 Å². The molecular weight excluding hydrogens is 204 g/mol. The highest BCUT2D eigenvalue weighted by molar-refractivity contribution is 5.59. The van der Waals surface area contributed by atoms with E-state index >= 15 is 0 Å². The van der Waals surface area contributed by atoms with Crippen LogP contribution in [0.25, 0.3) is 0 Å². The van der Waals surface area contributed by atoms with Crippen LogP contribution in [0.2, 0.25) is 0 Å². The van der Waals surface area contributed by atoms with Crippen LogP contribution in [0.5, 0.6) is 11.5 Å². The molecule has 0 bridgehead atoms. The van der Waals surface area contributed by atoms with Gasteiger partial charge in [0.05, 0.1) is 31.9 Å². The molecule has 1 aromatic rings. The van der Waals surface area contributed by atoms with Crippen molar-refractivity contribution < 1.29 is 9.47 Å². The van der Waals surface area contributed by atoms with Gasteiger partial charge in [-0.1, -0.05) is 0 Å². The second-order valence-electron chi connectivity index (χ2n) is 3.48. The van der Waals surface area contributed by atoms with Crippen molar-refractivity contribution in [3.8, 4) is 17.6 Å². The van der Waals surface area contributed by atoms with Crippen molar-refractivity contribution in [2.45, 2.75) is 6.92 Å². The van der Waals surface area contributed by atoms with E-state index in [-0.39, 0.29) is 5.92 Å². The lowest BCUT2D eigenvalue weighted by molar-refractivity contribution is 0.404. The van der Waals surface area contributed by atoms with Crippen LogP contribution < -0.4 is 14.8 Å². The monoisotopic (exact) mass is 220 g/mol. The predicted molar refractivity (Wildman–Crippen MR) is 62.8 cm³/mol. The molecule has 0 saturated carbocycles. The summed E-state index contributed by atoms with van der Waals surface area (Å²) < 4.78 is 10.3. The van der Waals surface area contributed by atoms with Crippen molar-refractivity contribution in [2.24, 2.45) is 5.92 Å². The quantitative estimate of drug-likeness (QED) is 0.827. The van der Waals surface area contributed by atoms with E-state index in [0.29, 0.717) is 6.54 Å². The summed E-state index contributed by atoms with van der Waals surface area (Å²) in [6.07, 6.45) is 0. The van der Waals surface area contributed by atoms with E-state index in [0.717, 1.165) is 17.2 Å². The minimum atomic E-state index is -0.0455. The van der Waals surface area contributed by atoms with Crippen LogP contribution in [0.4, 0.5) is 5.69 Å². The van der Waals surface area contributed by atoms with Gasteiger partial charge in [0.15, 0.2) is 0 Å². The normalized spacial score (nSPS) is 11.4. The Labute approximate surface area is 95.8 Å². The first-order valence-electron chi connectivity index (χ1n) is 5.06. The van der Waals surface area contributed by atoms with E-state index in [1.54, 1.807) is 14.2 Å². The molecule has 1 aromatic carbocycles. The second kappa shape index (κ2) is 5.86. The molecule has 0 aliphatic heterocycles. The highest BCUT2D eigenvalue weighted by Crippen LogP contribution is 2.28. The zero-order valence-corrected chi connectivity index (χ0v) is 9.78. The van der Waals surface area contributed by atoms with Gasteiger partial charge >= 0.3 is 0 Å². The molecule has 0 aromatic heterocycles. The fourth-order valence-electron chi connectivity index (χ4n) is 1.26. The Kier molecular flexibility index (Phi) is 4.46. The number of nitrogens with zero attached hydrogens (tertiary/aromatic N) is 1. The average Bonchev–Trinajstić information content (AvgIpc) is 2.35. The van der Waals surface area contributed by atoms with Gasteiger partial charge in [-0.25, -0.2) is 0 Å². The van der Waals surface area contributed by atoms with E-state index in [4.69, 9.17) is 14.7 Å². The molecule has 86 valence electrons. The summed E-state index contributed by atoms with van der Waals surface area (Å²) in [7, 11) is 3.23. The van der Waals surface area contributed by atoms with Crippen LogP contribution >= 0.6 is 0 Å². The van der Waals surface area contributed by atoms with E-state index in [2.05, 4.69) is 11.4 Å². The number of ether oxygens (including phenoxy) is 2. The first-order valence-corrected chi connectivity index (χ1v) is 5.06. The summed E-state index contributed by atoms with van der Waals surface area (Å²) in [6, 6.07) is 7.68. The van der Waals surface area contributed by atoms with Crippen molar-refractivity contribution in [3.63, 3.8) is 0 Å². The number of nitrogens with one attached hydrogen (secondary N) is 1. The molecule has 0 fully saturated rings. The standard InChI is InChI=1S/C12H16N2O2/c1-9(7-13)8-14-11-6-10(15-2)4-5-12(11)16-3/h4-6,9,14H,8H2,1-3H3. The van der Waals surface area contributed by atoms with Gasteiger partial charge in [-0.05, 0) is 19.1 Å². The van der Waals surface area contributed by atoms with Gasteiger partial charge in [-0.3, -0.25) is 0 Å². The maximum Gasteiger partial charge on any atom is 0.142 e. The van der Waals surface area contributed by atoms with E-state index in [1.807, 2.05) is 25.1 Å². The number of methoxy groups -OCH3 is 2. The molecular formula is C12H16N2O2. The Bertz CT molecular complexity index is 385. The summed E-state index contributed by atoms with van der Waals surface area (Å²) >= 11 is 0. The number of rotatable bonds is 5. The molecule has 0 aliphatic rings. The molecule has 0 radical (unpaired) electrons. The predicted octanol–water partition coefficient (Wildman–Crippen LogP) is 2.28. The molecule has 4 nitrogen and oxygen atoms in total. The third kappa shape index (κ3) is 3.06. The Morgan fingerprint density at radius 1 is 1.38 bits per heavy atom. The fourth-order valence-corrected chi connectivity index (χ4v) is 1.26. The van der Waals surface area contributed by atoms with Crippen molar-refractivity contribution in [1.82, 2.24) is 0 Å². The van der Waals surface area contributed by atoms with Crippen LogP contribution in [-0.4, -0.2) is 20.8 Å². The molecule has 0 amide bonds. The van der Waals surface area contributed by atoms with Crippen LogP contribution in [0.15, 0.2) is 18.2 Å². The number of hydrogen-bond acceptors (Lipinski definition) is 4. The van der Waals surface area contributed by atoms with Crippen LogP contribution in [0.3, 0.4) is 0 Å². The summed E-state index contributed by atoms with van der Waals surface area (Å²) in [5.41, 5.74) is 0.837. The summed E-state index contributed by atoms with van der Waals surface area (Å²) in [5.74, 6) is 1.45. The Hall–Kier alpha value is -1.89. The molecule has 1 rings (SSSR count).